The van der Waals surface area contributed by atoms with Crippen LogP contribution in [0.4, 0.5) is 10.8 Å². The van der Waals surface area contributed by atoms with Gasteiger partial charge in [-0.3, -0.25) is 4.90 Å². The lowest BCUT2D eigenvalue weighted by Gasteiger charge is -2.22. The molecule has 6 nitrogen and oxygen atoms in total. The van der Waals surface area contributed by atoms with Crippen LogP contribution in [-0.2, 0) is 16.5 Å². The minimum absolute atomic E-state index is 0.0279. The van der Waals surface area contributed by atoms with Crippen LogP contribution in [-0.4, -0.2) is 47.7 Å². The van der Waals surface area contributed by atoms with E-state index in [-0.39, 0.29) is 17.5 Å². The number of hydrogen-bond acceptors (Lipinski definition) is 7. The molecule has 2 heterocycles. The molecular formula is C14H17BrN4O2S3. The van der Waals surface area contributed by atoms with Crippen molar-refractivity contribution >= 4 is 60.1 Å². The number of halogens is 1. The van der Waals surface area contributed by atoms with Crippen molar-refractivity contribution < 1.29 is 8.42 Å². The van der Waals surface area contributed by atoms with Crippen molar-refractivity contribution in [2.45, 2.75) is 19.1 Å². The first kappa shape index (κ1) is 18.0. The number of rotatable bonds is 5. The number of anilines is 2. The normalized spacial score (nSPS) is 19.7. The zero-order valence-electron chi connectivity index (χ0n) is 13.0. The average Bonchev–Trinajstić information content (AvgIpc) is 3.02. The summed E-state index contributed by atoms with van der Waals surface area (Å²) in [5.74, 6) is 0.476. The van der Waals surface area contributed by atoms with E-state index in [0.717, 1.165) is 10.2 Å². The molecule has 1 aromatic heterocycles. The lowest BCUT2D eigenvalue weighted by molar-refractivity contribution is 0.198. The first-order valence-corrected chi connectivity index (χ1v) is 11.2. The third kappa shape index (κ3) is 4.42. The maximum Gasteiger partial charge on any atom is 0.209 e. The van der Waals surface area contributed by atoms with Gasteiger partial charge in [-0.2, -0.15) is 0 Å². The quantitative estimate of drug-likeness (QED) is 0.707. The van der Waals surface area contributed by atoms with E-state index in [4.69, 9.17) is 12.2 Å². The Morgan fingerprint density at radius 1 is 1.54 bits per heavy atom. The van der Waals surface area contributed by atoms with E-state index in [2.05, 4.69) is 26.3 Å². The van der Waals surface area contributed by atoms with Gasteiger partial charge in [-0.05, 0) is 43.9 Å². The summed E-state index contributed by atoms with van der Waals surface area (Å²) in [5.41, 5.74) is 0.926. The summed E-state index contributed by atoms with van der Waals surface area (Å²) in [6.07, 6.45) is 0.666. The van der Waals surface area contributed by atoms with E-state index in [0.29, 0.717) is 22.2 Å². The molecule has 0 amide bonds. The van der Waals surface area contributed by atoms with E-state index in [9.17, 15) is 8.42 Å². The molecule has 1 saturated heterocycles. The molecule has 1 aromatic carbocycles. The molecule has 0 unspecified atom stereocenters. The Labute approximate surface area is 158 Å². The van der Waals surface area contributed by atoms with Crippen LogP contribution in [0.5, 0.6) is 0 Å². The van der Waals surface area contributed by atoms with Crippen LogP contribution in [0.2, 0.25) is 0 Å². The summed E-state index contributed by atoms with van der Waals surface area (Å²) in [7, 11) is -0.983. The van der Waals surface area contributed by atoms with E-state index < -0.39 is 9.84 Å². The largest absolute Gasteiger partial charge is 0.330 e. The van der Waals surface area contributed by atoms with Gasteiger partial charge in [0.15, 0.2) is 13.8 Å². The Morgan fingerprint density at radius 3 is 3.00 bits per heavy atom. The van der Waals surface area contributed by atoms with Crippen molar-refractivity contribution in [1.29, 1.82) is 0 Å². The number of nitrogens with zero attached hydrogens (tertiary/aromatic N) is 3. The van der Waals surface area contributed by atoms with Gasteiger partial charge in [0.25, 0.3) is 0 Å². The molecule has 10 heteroatoms. The molecule has 1 aliphatic rings. The zero-order chi connectivity index (χ0) is 17.3. The highest BCUT2D eigenvalue weighted by atomic mass is 79.9. The second-order valence-electron chi connectivity index (χ2n) is 5.76. The number of benzene rings is 1. The zero-order valence-corrected chi connectivity index (χ0v) is 17.0. The SMILES string of the molecule is CN(Cn1nc(Nc2cccc(Br)c2)sc1=S)[C@@H]1CCS(=O)(=O)C1. The molecule has 1 N–H and O–H groups in total. The second kappa shape index (κ2) is 7.20. The molecule has 0 saturated carbocycles. The fourth-order valence-electron chi connectivity index (χ4n) is 2.59. The summed E-state index contributed by atoms with van der Waals surface area (Å²) in [5, 5.41) is 8.45. The standard InChI is InChI=1S/C14H17BrN4O2S3/c1-18(12-5-6-24(20,21)8-12)9-19-14(22)23-13(17-19)16-11-4-2-3-10(15)7-11/h2-4,7,12H,5-6,8-9H2,1H3,(H,16,17)/t12-/m1/s1. The van der Waals surface area contributed by atoms with Gasteiger partial charge >= 0.3 is 0 Å². The number of sulfone groups is 1. The first-order valence-electron chi connectivity index (χ1n) is 7.33. The van der Waals surface area contributed by atoms with Crippen molar-refractivity contribution in [3.63, 3.8) is 0 Å². The summed E-state index contributed by atoms with van der Waals surface area (Å²) in [4.78, 5) is 2.00. The summed E-state index contributed by atoms with van der Waals surface area (Å²) in [6, 6.07) is 7.84. The predicted molar refractivity (Wildman–Crippen MR) is 103 cm³/mol. The minimum Gasteiger partial charge on any atom is -0.330 e. The van der Waals surface area contributed by atoms with Crippen LogP contribution in [0.3, 0.4) is 0 Å². The highest BCUT2D eigenvalue weighted by molar-refractivity contribution is 9.10. The topological polar surface area (TPSA) is 67.2 Å². The van der Waals surface area contributed by atoms with Crippen molar-refractivity contribution in [2.75, 3.05) is 23.9 Å². The fourth-order valence-corrected chi connectivity index (χ4v) is 5.80. The van der Waals surface area contributed by atoms with Crippen LogP contribution < -0.4 is 5.32 Å². The molecule has 1 aliphatic heterocycles. The summed E-state index contributed by atoms with van der Waals surface area (Å²) in [6.45, 7) is 0.482. The highest BCUT2D eigenvalue weighted by Gasteiger charge is 2.30. The molecule has 1 fully saturated rings. The smallest absolute Gasteiger partial charge is 0.209 e. The average molecular weight is 449 g/mol. The van der Waals surface area contributed by atoms with Crippen LogP contribution >= 0.6 is 39.5 Å². The minimum atomic E-state index is -2.89. The van der Waals surface area contributed by atoms with Gasteiger partial charge in [-0.25, -0.2) is 13.1 Å². The van der Waals surface area contributed by atoms with Gasteiger partial charge in [-0.1, -0.05) is 33.3 Å². The maximum atomic E-state index is 11.6. The summed E-state index contributed by atoms with van der Waals surface area (Å²) < 4.78 is 26.6. The molecule has 0 radical (unpaired) electrons. The second-order valence-corrected chi connectivity index (χ2v) is 10.5. The molecule has 3 rings (SSSR count). The molecule has 0 bridgehead atoms. The van der Waals surface area contributed by atoms with Crippen LogP contribution in [0.25, 0.3) is 0 Å². The van der Waals surface area contributed by atoms with Crippen LogP contribution in [0.15, 0.2) is 28.7 Å². The molecule has 0 spiro atoms. The van der Waals surface area contributed by atoms with Gasteiger partial charge < -0.3 is 5.32 Å². The highest BCUT2D eigenvalue weighted by Crippen LogP contribution is 2.23. The number of nitrogens with one attached hydrogen (secondary N) is 1. The van der Waals surface area contributed by atoms with Crippen LogP contribution in [0, 0.1) is 3.95 Å². The van der Waals surface area contributed by atoms with Crippen molar-refractivity contribution in [3.05, 3.63) is 32.7 Å². The van der Waals surface area contributed by atoms with Gasteiger partial charge in [0.1, 0.15) is 0 Å². The number of aromatic nitrogens is 2. The van der Waals surface area contributed by atoms with Gasteiger partial charge in [0.05, 0.1) is 18.2 Å². The third-order valence-electron chi connectivity index (χ3n) is 3.87. The molecule has 2 aromatic rings. The Bertz CT molecular complexity index is 893. The van der Waals surface area contributed by atoms with Crippen molar-refractivity contribution in [3.8, 4) is 0 Å². The Balaban J connectivity index is 1.69. The lowest BCUT2D eigenvalue weighted by atomic mass is 10.2. The van der Waals surface area contributed by atoms with Gasteiger partial charge in [-0.15, -0.1) is 5.10 Å². The predicted octanol–water partition coefficient (Wildman–Crippen LogP) is 3.26. The van der Waals surface area contributed by atoms with Gasteiger partial charge in [0, 0.05) is 16.2 Å². The first-order chi connectivity index (χ1) is 11.3. The monoisotopic (exact) mass is 448 g/mol. The van der Waals surface area contributed by atoms with Crippen molar-refractivity contribution in [2.24, 2.45) is 0 Å². The van der Waals surface area contributed by atoms with Crippen molar-refractivity contribution in [1.82, 2.24) is 14.7 Å². The molecular weight excluding hydrogens is 432 g/mol. The Morgan fingerprint density at radius 2 is 2.33 bits per heavy atom. The Kier molecular flexibility index (Phi) is 5.40. The number of hydrogen-bond donors (Lipinski definition) is 1. The lowest BCUT2D eigenvalue weighted by Crippen LogP contribution is -2.34. The van der Waals surface area contributed by atoms with E-state index in [1.54, 1.807) is 4.68 Å². The van der Waals surface area contributed by atoms with E-state index in [1.807, 2.05) is 36.2 Å². The third-order valence-corrected chi connectivity index (χ3v) is 7.34. The maximum absolute atomic E-state index is 11.6. The Hall–Kier alpha value is -0.810. The molecule has 1 atom stereocenters. The molecule has 0 aliphatic carbocycles. The van der Waals surface area contributed by atoms with Crippen LogP contribution in [0.1, 0.15) is 6.42 Å². The molecule has 130 valence electrons. The summed E-state index contributed by atoms with van der Waals surface area (Å²) >= 11 is 10.2. The fraction of sp³-hybridized carbons (Fsp3) is 0.429. The molecule has 24 heavy (non-hydrogen) atoms. The van der Waals surface area contributed by atoms with Gasteiger partial charge in [0.2, 0.25) is 5.13 Å². The van der Waals surface area contributed by atoms with E-state index in [1.165, 1.54) is 11.3 Å². The van der Waals surface area contributed by atoms with E-state index >= 15 is 0 Å².